The Hall–Kier alpha value is -0.0800. The molecule has 1 rings (SSSR count). The highest BCUT2D eigenvalue weighted by molar-refractivity contribution is 4.74. The van der Waals surface area contributed by atoms with Crippen LogP contribution in [-0.2, 0) is 0 Å². The summed E-state index contributed by atoms with van der Waals surface area (Å²) in [5.74, 6) is 0.866. The second-order valence-electron chi connectivity index (χ2n) is 4.86. The topological polar surface area (TPSA) is 15.3 Å². The van der Waals surface area contributed by atoms with E-state index in [0.717, 1.165) is 5.92 Å². The molecule has 1 saturated heterocycles. The predicted molar refractivity (Wildman–Crippen MR) is 62.6 cm³/mol. The summed E-state index contributed by atoms with van der Waals surface area (Å²) in [6, 6.07) is 0.673. The van der Waals surface area contributed by atoms with Crippen molar-refractivity contribution in [3.05, 3.63) is 0 Å². The van der Waals surface area contributed by atoms with Gasteiger partial charge in [0.2, 0.25) is 0 Å². The lowest BCUT2D eigenvalue weighted by Crippen LogP contribution is -2.37. The molecule has 2 atom stereocenters. The van der Waals surface area contributed by atoms with E-state index in [1.807, 2.05) is 0 Å². The minimum absolute atomic E-state index is 0.673. The Morgan fingerprint density at radius 2 is 2.29 bits per heavy atom. The number of hydrogen-bond acceptors (Lipinski definition) is 2. The van der Waals surface area contributed by atoms with E-state index in [0.29, 0.717) is 6.04 Å². The Morgan fingerprint density at radius 1 is 1.50 bits per heavy atom. The molecule has 0 aromatic heterocycles. The van der Waals surface area contributed by atoms with Crippen LogP contribution in [0.15, 0.2) is 0 Å². The lowest BCUT2D eigenvalue weighted by molar-refractivity contribution is 0.231. The van der Waals surface area contributed by atoms with Crippen LogP contribution in [0.5, 0.6) is 0 Å². The number of nitrogens with zero attached hydrogens (tertiary/aromatic N) is 1. The first-order valence-corrected chi connectivity index (χ1v) is 6.18. The highest BCUT2D eigenvalue weighted by Crippen LogP contribution is 2.09. The molecule has 1 heterocycles. The van der Waals surface area contributed by atoms with Crippen molar-refractivity contribution in [1.82, 2.24) is 10.2 Å². The van der Waals surface area contributed by atoms with Crippen LogP contribution in [0, 0.1) is 5.92 Å². The Kier molecular flexibility index (Phi) is 5.49. The van der Waals surface area contributed by atoms with Crippen LogP contribution in [0.1, 0.15) is 40.0 Å². The van der Waals surface area contributed by atoms with Crippen LogP contribution in [-0.4, -0.2) is 37.1 Å². The summed E-state index contributed by atoms with van der Waals surface area (Å²) >= 11 is 0. The molecule has 2 heteroatoms. The van der Waals surface area contributed by atoms with Crippen LogP contribution in [0.25, 0.3) is 0 Å². The van der Waals surface area contributed by atoms with Crippen molar-refractivity contribution in [3.63, 3.8) is 0 Å². The van der Waals surface area contributed by atoms with Gasteiger partial charge in [-0.15, -0.1) is 0 Å². The van der Waals surface area contributed by atoms with Gasteiger partial charge in [-0.25, -0.2) is 0 Å². The molecular formula is C12H26N2. The number of rotatable bonds is 4. The van der Waals surface area contributed by atoms with Crippen molar-refractivity contribution in [3.8, 4) is 0 Å². The third-order valence-corrected chi connectivity index (χ3v) is 3.03. The second kappa shape index (κ2) is 6.41. The zero-order chi connectivity index (χ0) is 10.4. The molecule has 0 spiro atoms. The third kappa shape index (κ3) is 4.43. The van der Waals surface area contributed by atoms with Gasteiger partial charge < -0.3 is 10.2 Å². The maximum Gasteiger partial charge on any atom is 0.0166 e. The van der Waals surface area contributed by atoms with Crippen molar-refractivity contribution in [2.75, 3.05) is 26.2 Å². The highest BCUT2D eigenvalue weighted by atomic mass is 15.2. The lowest BCUT2D eigenvalue weighted by atomic mass is 10.1. The van der Waals surface area contributed by atoms with Gasteiger partial charge in [0, 0.05) is 19.1 Å². The molecule has 1 fully saturated rings. The van der Waals surface area contributed by atoms with Gasteiger partial charge in [0.15, 0.2) is 0 Å². The minimum atomic E-state index is 0.673. The molecule has 2 unspecified atom stereocenters. The van der Waals surface area contributed by atoms with Crippen LogP contribution < -0.4 is 5.32 Å². The lowest BCUT2D eigenvalue weighted by Gasteiger charge is -2.25. The summed E-state index contributed by atoms with van der Waals surface area (Å²) in [5, 5.41) is 3.54. The molecule has 1 aliphatic heterocycles. The van der Waals surface area contributed by atoms with E-state index in [-0.39, 0.29) is 0 Å². The second-order valence-corrected chi connectivity index (χ2v) is 4.86. The molecule has 84 valence electrons. The monoisotopic (exact) mass is 198 g/mol. The van der Waals surface area contributed by atoms with Crippen LogP contribution in [0.2, 0.25) is 0 Å². The average Bonchev–Trinajstić information content (AvgIpc) is 2.30. The fraction of sp³-hybridized carbons (Fsp3) is 1.00. The van der Waals surface area contributed by atoms with E-state index in [1.54, 1.807) is 0 Å². The molecule has 1 aliphatic rings. The summed E-state index contributed by atoms with van der Waals surface area (Å²) in [7, 11) is 0. The minimum Gasteiger partial charge on any atom is -0.313 e. The van der Waals surface area contributed by atoms with E-state index in [9.17, 15) is 0 Å². The first-order valence-electron chi connectivity index (χ1n) is 6.18. The standard InChI is InChI=1S/C12H26N2/c1-4-6-11(2)9-14-8-5-7-13-12(3)10-14/h11-13H,4-10H2,1-3H3. The average molecular weight is 198 g/mol. The zero-order valence-electron chi connectivity index (χ0n) is 10.1. The highest BCUT2D eigenvalue weighted by Gasteiger charge is 2.15. The van der Waals surface area contributed by atoms with Gasteiger partial charge in [-0.2, -0.15) is 0 Å². The fourth-order valence-corrected chi connectivity index (χ4v) is 2.38. The normalized spacial score (nSPS) is 27.2. The third-order valence-electron chi connectivity index (χ3n) is 3.03. The van der Waals surface area contributed by atoms with Crippen LogP contribution >= 0.6 is 0 Å². The van der Waals surface area contributed by atoms with Gasteiger partial charge in [-0.3, -0.25) is 0 Å². The van der Waals surface area contributed by atoms with E-state index in [2.05, 4.69) is 31.0 Å². The molecule has 0 aromatic rings. The van der Waals surface area contributed by atoms with Crippen molar-refractivity contribution in [1.29, 1.82) is 0 Å². The largest absolute Gasteiger partial charge is 0.313 e. The summed E-state index contributed by atoms with van der Waals surface area (Å²) in [5.41, 5.74) is 0. The summed E-state index contributed by atoms with van der Waals surface area (Å²) in [6.07, 6.45) is 4.00. The van der Waals surface area contributed by atoms with Crippen molar-refractivity contribution >= 4 is 0 Å². The van der Waals surface area contributed by atoms with Gasteiger partial charge in [-0.05, 0) is 38.8 Å². The van der Waals surface area contributed by atoms with E-state index in [1.165, 1.54) is 45.4 Å². The van der Waals surface area contributed by atoms with Crippen LogP contribution in [0.4, 0.5) is 0 Å². The van der Waals surface area contributed by atoms with Gasteiger partial charge >= 0.3 is 0 Å². The van der Waals surface area contributed by atoms with Gasteiger partial charge in [0.25, 0.3) is 0 Å². The molecule has 0 radical (unpaired) electrons. The summed E-state index contributed by atoms with van der Waals surface area (Å²) in [4.78, 5) is 2.63. The van der Waals surface area contributed by atoms with Crippen molar-refractivity contribution < 1.29 is 0 Å². The predicted octanol–water partition coefficient (Wildman–Crippen LogP) is 2.11. The van der Waals surface area contributed by atoms with Gasteiger partial charge in [0.05, 0.1) is 0 Å². The van der Waals surface area contributed by atoms with Crippen molar-refractivity contribution in [2.24, 2.45) is 5.92 Å². The first-order chi connectivity index (χ1) is 6.72. The molecule has 0 amide bonds. The van der Waals surface area contributed by atoms with E-state index in [4.69, 9.17) is 0 Å². The number of hydrogen-bond donors (Lipinski definition) is 1. The molecule has 2 nitrogen and oxygen atoms in total. The summed E-state index contributed by atoms with van der Waals surface area (Å²) < 4.78 is 0. The quantitative estimate of drug-likeness (QED) is 0.744. The fourth-order valence-electron chi connectivity index (χ4n) is 2.38. The zero-order valence-corrected chi connectivity index (χ0v) is 10.1. The molecule has 0 saturated carbocycles. The maximum absolute atomic E-state index is 3.54. The molecule has 0 aliphatic carbocycles. The Bertz CT molecular complexity index is 147. The van der Waals surface area contributed by atoms with Gasteiger partial charge in [-0.1, -0.05) is 20.3 Å². The Balaban J connectivity index is 2.27. The Labute approximate surface area is 89.1 Å². The molecule has 14 heavy (non-hydrogen) atoms. The van der Waals surface area contributed by atoms with Crippen molar-refractivity contribution in [2.45, 2.75) is 46.1 Å². The molecular weight excluding hydrogens is 172 g/mol. The molecule has 1 N–H and O–H groups in total. The summed E-state index contributed by atoms with van der Waals surface area (Å²) in [6.45, 7) is 12.0. The van der Waals surface area contributed by atoms with Gasteiger partial charge in [0.1, 0.15) is 0 Å². The Morgan fingerprint density at radius 3 is 3.00 bits per heavy atom. The smallest absolute Gasteiger partial charge is 0.0166 e. The van der Waals surface area contributed by atoms with E-state index >= 15 is 0 Å². The molecule has 0 bridgehead atoms. The first kappa shape index (κ1) is 12.0. The molecule has 0 aromatic carbocycles. The van der Waals surface area contributed by atoms with E-state index < -0.39 is 0 Å². The maximum atomic E-state index is 3.54. The van der Waals surface area contributed by atoms with Crippen LogP contribution in [0.3, 0.4) is 0 Å². The SMILES string of the molecule is CCCC(C)CN1CCCNC(C)C1. The number of nitrogens with one attached hydrogen (secondary N) is 1.